The normalized spacial score (nSPS) is 19.6. The van der Waals surface area contributed by atoms with Crippen LogP contribution in [0.5, 0.6) is 0 Å². The van der Waals surface area contributed by atoms with E-state index in [-0.39, 0.29) is 30.1 Å². The molecule has 1 saturated carbocycles. The molecule has 132 valence electrons. The van der Waals surface area contributed by atoms with E-state index in [0.717, 1.165) is 0 Å². The van der Waals surface area contributed by atoms with Crippen molar-refractivity contribution in [1.82, 2.24) is 15.2 Å². The Morgan fingerprint density at radius 1 is 1.40 bits per heavy atom. The van der Waals surface area contributed by atoms with Crippen LogP contribution in [0.3, 0.4) is 0 Å². The molecule has 0 atom stereocenters. The predicted molar refractivity (Wildman–Crippen MR) is 90.9 cm³/mol. The summed E-state index contributed by atoms with van der Waals surface area (Å²) in [5.74, 6) is -1.68. The number of aliphatic carboxylic acids is 1. The summed E-state index contributed by atoms with van der Waals surface area (Å²) in [4.78, 5) is 29.4. The Morgan fingerprint density at radius 3 is 2.84 bits per heavy atom. The number of likely N-dealkylation sites (N-methyl/N-ethyl adjacent to an activating group) is 1. The first-order valence-electron chi connectivity index (χ1n) is 8.29. The monoisotopic (exact) mass is 345 g/mol. The van der Waals surface area contributed by atoms with Crippen LogP contribution < -0.4 is 5.32 Å². The average molecular weight is 345 g/mol. The number of rotatable bonds is 6. The summed E-state index contributed by atoms with van der Waals surface area (Å²) in [5.41, 5.74) is 0.690. The number of carboxylic acids is 1. The number of carbonyl (C=O) groups is 2. The van der Waals surface area contributed by atoms with Crippen LogP contribution >= 0.6 is 0 Å². The number of aromatic nitrogens is 1. The van der Waals surface area contributed by atoms with E-state index in [4.69, 9.17) is 5.11 Å². The van der Waals surface area contributed by atoms with E-state index in [1.807, 2.05) is 11.8 Å². The van der Waals surface area contributed by atoms with Crippen LogP contribution in [-0.4, -0.2) is 52.0 Å². The van der Waals surface area contributed by atoms with Crippen LogP contribution in [0.2, 0.25) is 0 Å². The van der Waals surface area contributed by atoms with E-state index in [0.29, 0.717) is 30.3 Å². The molecule has 0 bridgehead atoms. The largest absolute Gasteiger partial charge is 0.480 e. The molecule has 1 amide bonds. The molecule has 2 aromatic rings. The highest BCUT2D eigenvalue weighted by Crippen LogP contribution is 2.26. The molecule has 7 heteroatoms. The van der Waals surface area contributed by atoms with Crippen molar-refractivity contribution in [3.63, 3.8) is 0 Å². The van der Waals surface area contributed by atoms with Crippen molar-refractivity contribution >= 4 is 22.8 Å². The Morgan fingerprint density at radius 2 is 2.16 bits per heavy atom. The molecule has 3 rings (SSSR count). The van der Waals surface area contributed by atoms with Gasteiger partial charge in [0.25, 0.3) is 5.91 Å². The zero-order valence-corrected chi connectivity index (χ0v) is 13.9. The van der Waals surface area contributed by atoms with Crippen LogP contribution in [0, 0.1) is 5.82 Å². The minimum Gasteiger partial charge on any atom is -0.480 e. The molecule has 1 heterocycles. The summed E-state index contributed by atoms with van der Waals surface area (Å²) in [7, 11) is 0. The average Bonchev–Trinajstić information content (AvgIpc) is 2.54. The smallest absolute Gasteiger partial charge is 0.317 e. The van der Waals surface area contributed by atoms with Crippen LogP contribution in [0.4, 0.5) is 4.39 Å². The van der Waals surface area contributed by atoms with Crippen molar-refractivity contribution in [2.75, 3.05) is 13.1 Å². The topological polar surface area (TPSA) is 82.5 Å². The second-order valence-corrected chi connectivity index (χ2v) is 6.28. The van der Waals surface area contributed by atoms with Crippen molar-refractivity contribution in [2.24, 2.45) is 0 Å². The van der Waals surface area contributed by atoms with Crippen LogP contribution in [-0.2, 0) is 4.79 Å². The van der Waals surface area contributed by atoms with E-state index >= 15 is 0 Å². The number of hydrogen-bond donors (Lipinski definition) is 2. The van der Waals surface area contributed by atoms with Gasteiger partial charge in [-0.05, 0) is 37.6 Å². The lowest BCUT2D eigenvalue weighted by Gasteiger charge is -2.42. The first kappa shape index (κ1) is 17.3. The van der Waals surface area contributed by atoms with Crippen molar-refractivity contribution in [1.29, 1.82) is 0 Å². The molecule has 1 aliphatic rings. The number of nitrogens with zero attached hydrogens (tertiary/aromatic N) is 2. The van der Waals surface area contributed by atoms with E-state index in [2.05, 4.69) is 10.3 Å². The second kappa shape index (κ2) is 7.14. The molecule has 0 saturated heterocycles. The van der Waals surface area contributed by atoms with Gasteiger partial charge in [0, 0.05) is 23.7 Å². The highest BCUT2D eigenvalue weighted by atomic mass is 19.1. The van der Waals surface area contributed by atoms with Crippen molar-refractivity contribution in [2.45, 2.75) is 31.8 Å². The molecule has 0 spiro atoms. The summed E-state index contributed by atoms with van der Waals surface area (Å²) in [6.07, 6.45) is 2.95. The van der Waals surface area contributed by atoms with Gasteiger partial charge in [-0.3, -0.25) is 19.5 Å². The van der Waals surface area contributed by atoms with Gasteiger partial charge in [-0.25, -0.2) is 4.39 Å². The molecule has 0 unspecified atom stereocenters. The Labute approximate surface area is 144 Å². The number of amides is 1. The standard InChI is InChI=1S/C18H20FN3O3/c1-2-22(10-16(23)24)14-8-13(9-14)21-18(25)15-7-12(19)6-11-4-3-5-20-17(11)15/h3-7,13-14H,2,8-10H2,1H3,(H,21,25)(H,23,24). The molecule has 1 aromatic carbocycles. The Kier molecular flexibility index (Phi) is 4.94. The van der Waals surface area contributed by atoms with Gasteiger partial charge >= 0.3 is 5.97 Å². The van der Waals surface area contributed by atoms with Gasteiger partial charge in [0.15, 0.2) is 0 Å². The van der Waals surface area contributed by atoms with Gasteiger partial charge in [0.2, 0.25) is 0 Å². The molecule has 1 fully saturated rings. The zero-order chi connectivity index (χ0) is 18.0. The molecule has 0 radical (unpaired) electrons. The van der Waals surface area contributed by atoms with Gasteiger partial charge in [0.05, 0.1) is 17.6 Å². The molecule has 1 aliphatic carbocycles. The molecular formula is C18H20FN3O3. The summed E-state index contributed by atoms with van der Waals surface area (Å²) in [6, 6.07) is 6.07. The van der Waals surface area contributed by atoms with Crippen LogP contribution in [0.25, 0.3) is 10.9 Å². The SMILES string of the molecule is CCN(CC(=O)O)C1CC(NC(=O)c2cc(F)cc3cccnc23)C1. The first-order valence-corrected chi connectivity index (χ1v) is 8.29. The van der Waals surface area contributed by atoms with Gasteiger partial charge < -0.3 is 10.4 Å². The third-order valence-electron chi connectivity index (χ3n) is 4.62. The van der Waals surface area contributed by atoms with E-state index in [1.165, 1.54) is 12.1 Å². The molecule has 0 aliphatic heterocycles. The van der Waals surface area contributed by atoms with Crippen LogP contribution in [0.15, 0.2) is 30.5 Å². The molecule has 25 heavy (non-hydrogen) atoms. The predicted octanol–water partition coefficient (Wildman–Crippen LogP) is 2.04. The van der Waals surface area contributed by atoms with E-state index < -0.39 is 11.8 Å². The highest BCUT2D eigenvalue weighted by molar-refractivity contribution is 6.05. The number of carboxylic acid groups (broad SMARTS) is 1. The van der Waals surface area contributed by atoms with E-state index in [9.17, 15) is 14.0 Å². The third kappa shape index (κ3) is 3.76. The fourth-order valence-corrected chi connectivity index (χ4v) is 3.27. The quantitative estimate of drug-likeness (QED) is 0.837. The summed E-state index contributed by atoms with van der Waals surface area (Å²) >= 11 is 0. The minimum absolute atomic E-state index is 0.000285. The zero-order valence-electron chi connectivity index (χ0n) is 13.9. The molecule has 2 N–H and O–H groups in total. The summed E-state index contributed by atoms with van der Waals surface area (Å²) in [6.45, 7) is 2.57. The Bertz CT molecular complexity index is 805. The first-order chi connectivity index (χ1) is 12.0. The van der Waals surface area contributed by atoms with Crippen molar-refractivity contribution in [3.05, 3.63) is 41.8 Å². The number of carbonyl (C=O) groups excluding carboxylic acids is 1. The maximum Gasteiger partial charge on any atom is 0.317 e. The lowest BCUT2D eigenvalue weighted by molar-refractivity contribution is -0.139. The summed E-state index contributed by atoms with van der Waals surface area (Å²) in [5, 5.41) is 12.4. The Hall–Kier alpha value is -2.54. The maximum atomic E-state index is 13.8. The number of benzene rings is 1. The second-order valence-electron chi connectivity index (χ2n) is 6.28. The third-order valence-corrected chi connectivity index (χ3v) is 4.62. The van der Waals surface area contributed by atoms with Crippen molar-refractivity contribution in [3.8, 4) is 0 Å². The molecular weight excluding hydrogens is 325 g/mol. The van der Waals surface area contributed by atoms with Gasteiger partial charge in [-0.2, -0.15) is 0 Å². The Balaban J connectivity index is 1.66. The van der Waals surface area contributed by atoms with Gasteiger partial charge in [-0.1, -0.05) is 13.0 Å². The van der Waals surface area contributed by atoms with Gasteiger partial charge in [-0.15, -0.1) is 0 Å². The van der Waals surface area contributed by atoms with E-state index in [1.54, 1.807) is 18.3 Å². The number of hydrogen-bond acceptors (Lipinski definition) is 4. The fraction of sp³-hybridized carbons (Fsp3) is 0.389. The molecule has 1 aromatic heterocycles. The number of halogens is 1. The van der Waals surface area contributed by atoms with Crippen molar-refractivity contribution < 1.29 is 19.1 Å². The maximum absolute atomic E-state index is 13.8. The lowest BCUT2D eigenvalue weighted by Crippen LogP contribution is -2.54. The van der Waals surface area contributed by atoms with Gasteiger partial charge in [0.1, 0.15) is 5.82 Å². The number of nitrogens with one attached hydrogen (secondary N) is 1. The number of pyridine rings is 1. The summed E-state index contributed by atoms with van der Waals surface area (Å²) < 4.78 is 13.8. The van der Waals surface area contributed by atoms with Crippen LogP contribution in [0.1, 0.15) is 30.1 Å². The molecule has 6 nitrogen and oxygen atoms in total. The minimum atomic E-state index is -0.855. The highest BCUT2D eigenvalue weighted by Gasteiger charge is 2.35. The number of fused-ring (bicyclic) bond motifs is 1. The fourth-order valence-electron chi connectivity index (χ4n) is 3.27. The lowest BCUT2D eigenvalue weighted by atomic mass is 9.85.